The molecule has 2 N–H and O–H groups in total. The molecule has 4 fully saturated rings. The molecule has 4 heterocycles. The molecule has 1 amide bonds. The molecule has 4 aliphatic heterocycles. The van der Waals surface area contributed by atoms with E-state index in [4.69, 9.17) is 28.4 Å². The molecule has 14 nitrogen and oxygen atoms in total. The van der Waals surface area contributed by atoms with Crippen molar-refractivity contribution in [1.29, 1.82) is 0 Å². The van der Waals surface area contributed by atoms with Gasteiger partial charge in [-0.1, -0.05) is 86.7 Å². The fraction of sp³-hybridized carbons (Fsp3) is 0.755. The summed E-state index contributed by atoms with van der Waals surface area (Å²) in [5.41, 5.74) is 1.30. The van der Waals surface area contributed by atoms with E-state index in [9.17, 15) is 34.2 Å². The van der Waals surface area contributed by atoms with Crippen LogP contribution in [-0.2, 0) is 52.4 Å². The number of ether oxygens (including phenoxy) is 6. The maximum absolute atomic E-state index is 14.6. The third-order valence-electron chi connectivity index (χ3n) is 15.5. The fourth-order valence-corrected chi connectivity index (χ4v) is 11.7. The minimum Gasteiger partial charge on any atom is -0.460 e. The molecular weight excluding hydrogens is 985 g/mol. The number of amides is 1. The van der Waals surface area contributed by atoms with Gasteiger partial charge in [0.05, 0.1) is 24.4 Å². The van der Waals surface area contributed by atoms with E-state index in [1.807, 2.05) is 51.2 Å². The van der Waals surface area contributed by atoms with Crippen molar-refractivity contribution in [2.24, 2.45) is 41.4 Å². The van der Waals surface area contributed by atoms with Crippen LogP contribution in [0.1, 0.15) is 119 Å². The first-order valence-electron chi connectivity index (χ1n) is 25.0. The maximum Gasteiger partial charge on any atom is 0.329 e. The van der Waals surface area contributed by atoms with Crippen molar-refractivity contribution in [1.82, 2.24) is 4.90 Å². The molecule has 15 heteroatoms. The molecule has 0 aromatic heterocycles. The number of aliphatic hydroxyl groups is 2. The summed E-state index contributed by atoms with van der Waals surface area (Å²) in [5.74, 6) is -8.14. The molecule has 0 spiro atoms. The lowest BCUT2D eigenvalue weighted by Crippen LogP contribution is -2.65. The van der Waals surface area contributed by atoms with E-state index < -0.39 is 83.7 Å². The smallest absolute Gasteiger partial charge is 0.329 e. The Bertz CT molecular complexity index is 1870. The van der Waals surface area contributed by atoms with Crippen LogP contribution in [0.2, 0.25) is 0 Å². The molecular formula is C53H80INO13. The lowest BCUT2D eigenvalue weighted by atomic mass is 9.68. The minimum atomic E-state index is -2.42. The third-order valence-corrected chi connectivity index (χ3v) is 16.3. The highest BCUT2D eigenvalue weighted by Gasteiger charge is 2.57. The molecule has 3 saturated heterocycles. The predicted molar refractivity (Wildman–Crippen MR) is 266 cm³/mol. The Balaban J connectivity index is 1.50. The molecule has 16 atom stereocenters. The van der Waals surface area contributed by atoms with E-state index in [-0.39, 0.29) is 54.5 Å². The normalized spacial score (nSPS) is 41.3. The van der Waals surface area contributed by atoms with Gasteiger partial charge in [0.25, 0.3) is 11.7 Å². The Morgan fingerprint density at radius 1 is 0.868 bits per heavy atom. The topological polar surface area (TPSA) is 184 Å². The number of Topliss-reactive ketones (excluding diaryl/α,β-unsaturated/α-hetero) is 3. The number of methoxy groups -OCH3 is 3. The van der Waals surface area contributed by atoms with E-state index >= 15 is 0 Å². The second-order valence-electron chi connectivity index (χ2n) is 20.4. The Kier molecular flexibility index (Phi) is 21.7. The number of halogens is 1. The van der Waals surface area contributed by atoms with Gasteiger partial charge >= 0.3 is 5.97 Å². The highest BCUT2D eigenvalue weighted by Crippen LogP contribution is 2.45. The van der Waals surface area contributed by atoms with Gasteiger partial charge in [0.1, 0.15) is 30.1 Å². The van der Waals surface area contributed by atoms with Gasteiger partial charge in [0, 0.05) is 75.4 Å². The van der Waals surface area contributed by atoms with Crippen LogP contribution in [0, 0.1) is 41.4 Å². The summed E-state index contributed by atoms with van der Waals surface area (Å²) in [6.45, 7) is 11.6. The number of allylic oxidation sites excluding steroid dienone is 6. The number of rotatable bonds is 9. The molecule has 382 valence electrons. The van der Waals surface area contributed by atoms with Gasteiger partial charge < -0.3 is 43.5 Å². The van der Waals surface area contributed by atoms with Crippen LogP contribution < -0.4 is 0 Å². The van der Waals surface area contributed by atoms with Crippen molar-refractivity contribution in [3.63, 3.8) is 0 Å². The van der Waals surface area contributed by atoms with E-state index in [1.54, 1.807) is 41.1 Å². The van der Waals surface area contributed by atoms with Crippen molar-refractivity contribution >= 4 is 51.8 Å². The number of hydrogen-bond donors (Lipinski definition) is 2. The largest absolute Gasteiger partial charge is 0.460 e. The van der Waals surface area contributed by atoms with Gasteiger partial charge in [-0.3, -0.25) is 19.2 Å². The SMILES string of the molecule is CO[C@H]1C[C@@H]2CC[C@@H](C)[C@@](O)(O2)C(=O)C(=O)N2CCCC3[C@H]2C(=O)O[C@@H](CC(=O)[C@H](C)/C=C(\C)[C@@H](O)[C@@H](OC)C(=O)[C@H](C)C[C@H](C)/C=C/C=C/C=C/1C)[C@H]3C[C@@H]1CC[C@@H](OCCCI)[C@H](OC)C1. The predicted octanol–water partition coefficient (Wildman–Crippen LogP) is 7.25. The molecule has 1 aliphatic carbocycles. The number of aliphatic hydroxyl groups excluding tert-OH is 1. The summed E-state index contributed by atoms with van der Waals surface area (Å²) in [5, 5.41) is 23.6. The Hall–Kier alpha value is -2.64. The molecule has 5 aliphatic rings. The van der Waals surface area contributed by atoms with Gasteiger partial charge in [-0.25, -0.2) is 4.79 Å². The zero-order valence-corrected chi connectivity index (χ0v) is 44.1. The minimum absolute atomic E-state index is 0.0274. The van der Waals surface area contributed by atoms with Gasteiger partial charge in [0.15, 0.2) is 5.78 Å². The van der Waals surface area contributed by atoms with E-state index in [0.717, 1.165) is 29.3 Å². The number of alkyl halides is 1. The Morgan fingerprint density at radius 3 is 2.31 bits per heavy atom. The molecule has 6 bridgehead atoms. The summed E-state index contributed by atoms with van der Waals surface area (Å²) < 4.78 is 37.2. The monoisotopic (exact) mass is 1070 g/mol. The van der Waals surface area contributed by atoms with Crippen LogP contribution in [0.25, 0.3) is 0 Å². The first-order chi connectivity index (χ1) is 32.4. The van der Waals surface area contributed by atoms with Gasteiger partial charge in [-0.05, 0) is 107 Å². The summed E-state index contributed by atoms with van der Waals surface area (Å²) >= 11 is 2.34. The summed E-state index contributed by atoms with van der Waals surface area (Å²) in [6.07, 6.45) is 13.4. The number of ketones is 3. The van der Waals surface area contributed by atoms with E-state index in [2.05, 4.69) is 22.6 Å². The summed E-state index contributed by atoms with van der Waals surface area (Å²) in [4.78, 5) is 72.7. The van der Waals surface area contributed by atoms with Crippen molar-refractivity contribution in [2.75, 3.05) is 38.9 Å². The van der Waals surface area contributed by atoms with Crippen LogP contribution in [0.4, 0.5) is 0 Å². The average molecular weight is 1070 g/mol. The van der Waals surface area contributed by atoms with Crippen LogP contribution >= 0.6 is 22.6 Å². The Morgan fingerprint density at radius 2 is 1.62 bits per heavy atom. The van der Waals surface area contributed by atoms with Crippen molar-refractivity contribution in [3.05, 3.63) is 47.6 Å². The first kappa shape index (κ1) is 56.3. The number of carbonyl (C=O) groups is 5. The second-order valence-corrected chi connectivity index (χ2v) is 21.5. The quantitative estimate of drug-likeness (QED) is 0.0589. The van der Waals surface area contributed by atoms with Crippen molar-refractivity contribution in [2.45, 2.75) is 173 Å². The summed E-state index contributed by atoms with van der Waals surface area (Å²) in [6, 6.07) is -1.10. The number of carbonyl (C=O) groups excluding carboxylic acids is 5. The van der Waals surface area contributed by atoms with Crippen LogP contribution in [0.3, 0.4) is 0 Å². The average Bonchev–Trinajstić information content (AvgIpc) is 3.32. The molecule has 1 unspecified atom stereocenters. The fourth-order valence-electron chi connectivity index (χ4n) is 11.4. The number of esters is 1. The van der Waals surface area contributed by atoms with Gasteiger partial charge in [-0.15, -0.1) is 0 Å². The number of nitrogens with zero attached hydrogens (tertiary/aromatic N) is 1. The zero-order valence-electron chi connectivity index (χ0n) is 41.9. The number of fused-ring (bicyclic) bond motifs is 3. The molecule has 0 aromatic rings. The molecule has 68 heavy (non-hydrogen) atoms. The zero-order chi connectivity index (χ0) is 49.9. The lowest BCUT2D eigenvalue weighted by molar-refractivity contribution is -0.266. The van der Waals surface area contributed by atoms with Gasteiger partial charge in [0.2, 0.25) is 5.79 Å². The third kappa shape index (κ3) is 13.9. The lowest BCUT2D eigenvalue weighted by Gasteiger charge is -2.50. The first-order valence-corrected chi connectivity index (χ1v) is 26.6. The summed E-state index contributed by atoms with van der Waals surface area (Å²) in [7, 11) is 4.68. The second kappa shape index (κ2) is 26.2. The van der Waals surface area contributed by atoms with Crippen LogP contribution in [0.5, 0.6) is 0 Å². The molecule has 0 radical (unpaired) electrons. The number of hydrogen-bond acceptors (Lipinski definition) is 13. The molecule has 5 rings (SSSR count). The van der Waals surface area contributed by atoms with Gasteiger partial charge in [-0.2, -0.15) is 0 Å². The highest BCUT2D eigenvalue weighted by molar-refractivity contribution is 14.1. The van der Waals surface area contributed by atoms with E-state index in [0.29, 0.717) is 63.5 Å². The maximum atomic E-state index is 14.6. The standard InChI is InChI=1S/C53H80INO13/c1-31-15-11-10-12-16-32(2)43(63-7)29-38-20-18-36(6)53(62,68-38)50(59)51(60)55-23-13-17-39-40(27-37-19-21-42(45(28-37)64-8)66-24-14-22-54)44(67-52(61)46(39)55)30-41(56)33(3)26-35(5)48(58)49(65-9)47(57)34(4)25-31/h10-12,15-16,26,31,33-34,36-40,42-46,48-49,58,62H,13-14,17-25,27-30H2,1-9H3/b12-10+,15-11+,32-16+,35-26+/t31-,33-,34-,36-,37+,38+,39?,40+,42-,43+,44+,45-,46+,48-,49+,53-/m1/s1. The Labute approximate surface area is 418 Å². The van der Waals surface area contributed by atoms with Crippen molar-refractivity contribution < 1.29 is 62.6 Å². The van der Waals surface area contributed by atoms with Crippen LogP contribution in [0.15, 0.2) is 47.6 Å². The van der Waals surface area contributed by atoms with Crippen molar-refractivity contribution in [3.8, 4) is 0 Å². The molecule has 1 saturated carbocycles. The highest BCUT2D eigenvalue weighted by atomic mass is 127. The van der Waals surface area contributed by atoms with Crippen LogP contribution in [-0.4, -0.2) is 138 Å². The number of piperidine rings is 1. The molecule has 0 aromatic carbocycles. The van der Waals surface area contributed by atoms with E-state index in [1.165, 1.54) is 12.0 Å².